The van der Waals surface area contributed by atoms with Gasteiger partial charge in [0.25, 0.3) is 0 Å². The standard InChI is InChI=1S/C72H114N20O14/c1-12-42(9)59(92-71(106)60(43(10)13-2)91-69(104)55(34-47-35-78-38-82-47)90-66(101)50(26-27-56(74)93)85-67(102)53(30-40(5)6)88-63(98)48(73)32-45-21-16-14-17-22-45)70(105)81-36-57(94)83-44(11)62(97)87-52(29-39(3)4)64(99)80-37-58(95)84-49(25-20-28-79-72(76)77)65(100)89-54(31-41(7)8)68(103)86-51(61(75)96)33-46-23-18-15-19-24-46/h14-19,21-24,35,38-44,48-55,59-60H,12-13,20,25-34,36-37,73H2,1-11H3,(H2,74,93)(H2,75,96)(H,78,82)(H,80,99)(H,81,105)(H,83,94)(H,84,95)(H,85,102)(H,86,103)(H,87,97)(H,88,98)(H,89,100)(H,90,101)(H,91,104)(H,92,106)(H4,76,77,79)/t42-,43-,44-,48-,49-,50-,51-,52-,53-,54-,55-,59-,60-/m0/s1. The number of guanidine groups is 1. The number of nitrogens with two attached hydrogens (primary N) is 4. The zero-order chi connectivity index (χ0) is 79.3. The second kappa shape index (κ2) is 46.3. The predicted octanol–water partition coefficient (Wildman–Crippen LogP) is -1.89. The molecule has 2 aromatic carbocycles. The van der Waals surface area contributed by atoms with Gasteiger partial charge in [0, 0.05) is 32.0 Å². The molecule has 106 heavy (non-hydrogen) atoms. The van der Waals surface area contributed by atoms with Crippen molar-refractivity contribution in [1.82, 2.24) is 79.1 Å². The van der Waals surface area contributed by atoms with Crippen molar-refractivity contribution in [2.45, 2.75) is 220 Å². The molecule has 13 atom stereocenters. The number of carbonyl (C=O) groups is 14. The second-order valence-corrected chi connectivity index (χ2v) is 28.0. The number of aromatic nitrogens is 2. The highest BCUT2D eigenvalue weighted by Gasteiger charge is 2.38. The molecular weight excluding hydrogens is 1370 g/mol. The smallest absolute Gasteiger partial charge is 0.243 e. The molecule has 34 heteroatoms. The first kappa shape index (κ1) is 89.7. The van der Waals surface area contributed by atoms with Crippen LogP contribution in [0.3, 0.4) is 0 Å². The van der Waals surface area contributed by atoms with Crippen LogP contribution in [0.15, 0.2) is 73.2 Å². The van der Waals surface area contributed by atoms with Crippen molar-refractivity contribution in [3.63, 3.8) is 0 Å². The SMILES string of the molecule is CC[C@H](C)[C@H](NC(=O)[C@H](Cc1c[nH]cn1)NC(=O)[C@H](CCC(N)=O)NC(=O)[C@H](CC(C)C)NC(=O)[C@@H](N)Cc1ccccc1)C(=O)N[C@H](C(=O)NCC(=O)N[C@@H](C)C(=O)N[C@@H](CC(C)C)C(=O)NCC(=O)N[C@@H](CCCNC(=N)N)C(=O)N[C@@H](CC(C)C)C(=O)N[C@@H](Cc1ccccc1)C(N)=O)[C@@H](C)CC. The largest absolute Gasteiger partial charge is 0.370 e. The fourth-order valence-electron chi connectivity index (χ4n) is 11.1. The van der Waals surface area contributed by atoms with E-state index >= 15 is 0 Å². The first-order valence-corrected chi connectivity index (χ1v) is 36.1. The Kier molecular flexibility index (Phi) is 39.2. The predicted molar refractivity (Wildman–Crippen MR) is 396 cm³/mol. The molecule has 0 aliphatic carbocycles. The Labute approximate surface area is 619 Å². The Morgan fingerprint density at radius 1 is 0.443 bits per heavy atom. The van der Waals surface area contributed by atoms with Gasteiger partial charge in [-0.2, -0.15) is 0 Å². The number of rotatable bonds is 48. The van der Waals surface area contributed by atoms with E-state index in [-0.39, 0.29) is 94.5 Å². The molecule has 0 aliphatic rings. The van der Waals surface area contributed by atoms with Crippen molar-refractivity contribution in [3.05, 3.63) is 90.0 Å². The van der Waals surface area contributed by atoms with E-state index in [4.69, 9.17) is 28.3 Å². The van der Waals surface area contributed by atoms with E-state index in [2.05, 4.69) is 79.1 Å². The summed E-state index contributed by atoms with van der Waals surface area (Å²) in [6.07, 6.45) is 3.32. The van der Waals surface area contributed by atoms with Gasteiger partial charge in [-0.1, -0.05) is 143 Å². The van der Waals surface area contributed by atoms with Crippen molar-refractivity contribution in [1.29, 1.82) is 5.41 Å². The Morgan fingerprint density at radius 2 is 0.868 bits per heavy atom. The number of benzene rings is 2. The van der Waals surface area contributed by atoms with Crippen LogP contribution in [-0.2, 0) is 86.4 Å². The molecule has 0 aliphatic heterocycles. The summed E-state index contributed by atoms with van der Waals surface area (Å²) in [6.45, 7) is 17.8. The first-order chi connectivity index (χ1) is 50.0. The van der Waals surface area contributed by atoms with Crippen LogP contribution < -0.4 is 92.1 Å². The van der Waals surface area contributed by atoms with E-state index in [0.717, 1.165) is 11.1 Å². The van der Waals surface area contributed by atoms with E-state index in [1.165, 1.54) is 19.4 Å². The molecule has 3 rings (SSSR count). The Bertz CT molecular complexity index is 3400. The van der Waals surface area contributed by atoms with E-state index in [1.54, 1.807) is 96.1 Å². The average molecular weight is 1480 g/mol. The monoisotopic (exact) mass is 1480 g/mol. The van der Waals surface area contributed by atoms with Gasteiger partial charge in [-0.05, 0) is 92.6 Å². The molecule has 34 nitrogen and oxygen atoms in total. The molecule has 3 aromatic rings. The highest BCUT2D eigenvalue weighted by molar-refractivity contribution is 5.99. The van der Waals surface area contributed by atoms with Crippen molar-refractivity contribution in [2.24, 2.45) is 52.5 Å². The molecule has 0 spiro atoms. The van der Waals surface area contributed by atoms with Crippen LogP contribution in [0.5, 0.6) is 0 Å². The highest BCUT2D eigenvalue weighted by Crippen LogP contribution is 2.16. The molecule has 0 fully saturated rings. The van der Waals surface area contributed by atoms with Crippen molar-refractivity contribution in [2.75, 3.05) is 19.6 Å². The summed E-state index contributed by atoms with van der Waals surface area (Å²) >= 11 is 0. The number of amides is 14. The molecule has 1 aromatic heterocycles. The topological polar surface area (TPSA) is 552 Å². The molecule has 586 valence electrons. The van der Waals surface area contributed by atoms with Gasteiger partial charge in [0.1, 0.15) is 60.4 Å². The summed E-state index contributed by atoms with van der Waals surface area (Å²) in [4.78, 5) is 199. The minimum absolute atomic E-state index is 0.0220. The number of imidazole rings is 1. The zero-order valence-electron chi connectivity index (χ0n) is 62.7. The number of carbonyl (C=O) groups excluding carboxylic acids is 14. The molecule has 0 saturated heterocycles. The summed E-state index contributed by atoms with van der Waals surface area (Å²) in [7, 11) is 0. The van der Waals surface area contributed by atoms with Crippen LogP contribution in [0, 0.1) is 35.0 Å². The summed E-state index contributed by atoms with van der Waals surface area (Å²) in [5, 5.41) is 41.5. The number of hydrogen-bond donors (Lipinski definition) is 19. The summed E-state index contributed by atoms with van der Waals surface area (Å²) in [5.74, 6) is -13.1. The Morgan fingerprint density at radius 3 is 1.36 bits per heavy atom. The third kappa shape index (κ3) is 33.5. The van der Waals surface area contributed by atoms with Gasteiger partial charge in [-0.15, -0.1) is 0 Å². The lowest BCUT2D eigenvalue weighted by atomic mass is 9.94. The number of primary amides is 2. The Hall–Kier alpha value is -10.5. The lowest BCUT2D eigenvalue weighted by Crippen LogP contribution is -2.61. The van der Waals surface area contributed by atoms with Crippen LogP contribution in [0.2, 0.25) is 0 Å². The van der Waals surface area contributed by atoms with Gasteiger partial charge in [0.15, 0.2) is 5.96 Å². The van der Waals surface area contributed by atoms with Crippen LogP contribution >= 0.6 is 0 Å². The molecular formula is C72H114N20O14. The minimum atomic E-state index is -1.48. The summed E-state index contributed by atoms with van der Waals surface area (Å²) < 4.78 is 0. The number of nitrogens with one attached hydrogen (secondary N) is 15. The molecule has 1 heterocycles. The van der Waals surface area contributed by atoms with Crippen LogP contribution in [-0.4, -0.2) is 185 Å². The molecule has 23 N–H and O–H groups in total. The van der Waals surface area contributed by atoms with E-state index in [0.29, 0.717) is 18.5 Å². The van der Waals surface area contributed by atoms with Crippen molar-refractivity contribution >= 4 is 88.7 Å². The molecule has 14 amide bonds. The maximum atomic E-state index is 14.5. The maximum Gasteiger partial charge on any atom is 0.243 e. The minimum Gasteiger partial charge on any atom is -0.370 e. The van der Waals surface area contributed by atoms with Gasteiger partial charge in [0.05, 0.1) is 31.2 Å². The van der Waals surface area contributed by atoms with Crippen LogP contribution in [0.1, 0.15) is 151 Å². The van der Waals surface area contributed by atoms with Crippen LogP contribution in [0.4, 0.5) is 0 Å². The quantitative estimate of drug-likeness (QED) is 0.0167. The highest BCUT2D eigenvalue weighted by atomic mass is 16.2. The number of hydrogen-bond acceptors (Lipinski definition) is 17. The fraction of sp³-hybridized carbons (Fsp3) is 0.583. The lowest BCUT2D eigenvalue weighted by Gasteiger charge is -2.30. The third-order valence-corrected chi connectivity index (χ3v) is 17.4. The number of aromatic amines is 1. The number of H-pyrrole nitrogens is 1. The summed E-state index contributed by atoms with van der Waals surface area (Å²) in [6, 6.07) is 3.94. The van der Waals surface area contributed by atoms with E-state index in [9.17, 15) is 67.1 Å². The molecule has 0 radical (unpaired) electrons. The summed E-state index contributed by atoms with van der Waals surface area (Å²) in [5.41, 5.74) is 24.7. The maximum absolute atomic E-state index is 14.5. The average Bonchev–Trinajstić information content (AvgIpc) is 0.992. The van der Waals surface area contributed by atoms with E-state index < -0.39 is 174 Å². The van der Waals surface area contributed by atoms with Gasteiger partial charge in [-0.25, -0.2) is 4.98 Å². The third-order valence-electron chi connectivity index (χ3n) is 17.4. The van der Waals surface area contributed by atoms with Gasteiger partial charge in [0.2, 0.25) is 82.7 Å². The first-order valence-electron chi connectivity index (χ1n) is 36.1. The van der Waals surface area contributed by atoms with Crippen molar-refractivity contribution < 1.29 is 67.1 Å². The number of nitrogens with zero attached hydrogens (tertiary/aromatic N) is 1. The Balaban J connectivity index is 1.73. The molecule has 0 bridgehead atoms. The van der Waals surface area contributed by atoms with Gasteiger partial charge >= 0.3 is 0 Å². The second-order valence-electron chi connectivity index (χ2n) is 28.0. The fourth-order valence-corrected chi connectivity index (χ4v) is 11.1. The molecule has 0 saturated carbocycles. The lowest BCUT2D eigenvalue weighted by molar-refractivity contribution is -0.136. The van der Waals surface area contributed by atoms with Crippen LogP contribution in [0.25, 0.3) is 0 Å². The normalized spacial score (nSPS) is 14.9. The van der Waals surface area contributed by atoms with Gasteiger partial charge < -0.3 is 97.0 Å². The molecule has 0 unspecified atom stereocenters. The van der Waals surface area contributed by atoms with E-state index in [1.807, 2.05) is 33.8 Å². The van der Waals surface area contributed by atoms with Gasteiger partial charge in [-0.3, -0.25) is 72.5 Å². The van der Waals surface area contributed by atoms with Crippen molar-refractivity contribution in [3.8, 4) is 0 Å². The zero-order valence-corrected chi connectivity index (χ0v) is 62.7.